The fourth-order valence-electron chi connectivity index (χ4n) is 2.80. The van der Waals surface area contributed by atoms with Crippen molar-refractivity contribution in [3.05, 3.63) is 85.0 Å². The summed E-state index contributed by atoms with van der Waals surface area (Å²) in [6.07, 6.45) is 2.95. The molecule has 0 unspecified atom stereocenters. The monoisotopic (exact) mass is 378 g/mol. The van der Waals surface area contributed by atoms with Crippen molar-refractivity contribution in [2.75, 3.05) is 5.32 Å². The average Bonchev–Trinajstić information content (AvgIpc) is 3.24. The number of anilines is 1. The molecule has 0 spiro atoms. The summed E-state index contributed by atoms with van der Waals surface area (Å²) in [5.74, 6) is -0.286. The first-order valence-electron chi connectivity index (χ1n) is 8.10. The fraction of sp³-hybridized carbons (Fsp3) is 0. The summed E-state index contributed by atoms with van der Waals surface area (Å²) in [5.41, 5.74) is 0.786. The number of aromatic nitrogens is 1. The van der Waals surface area contributed by atoms with E-state index in [-0.39, 0.29) is 15.6 Å². The summed E-state index contributed by atoms with van der Waals surface area (Å²) in [4.78, 5) is 16.9. The van der Waals surface area contributed by atoms with Gasteiger partial charge in [0.25, 0.3) is 5.91 Å². The normalized spacial score (nSPS) is 11.4. The van der Waals surface area contributed by atoms with Crippen LogP contribution >= 0.6 is 0 Å². The van der Waals surface area contributed by atoms with Crippen molar-refractivity contribution in [1.29, 1.82) is 0 Å². The molecule has 0 aliphatic heterocycles. The molecule has 0 saturated heterocycles. The van der Waals surface area contributed by atoms with Crippen molar-refractivity contribution in [2.24, 2.45) is 0 Å². The minimum absolute atomic E-state index is 0.132. The van der Waals surface area contributed by atoms with E-state index in [1.807, 2.05) is 0 Å². The van der Waals surface area contributed by atoms with Gasteiger partial charge in [-0.15, -0.1) is 0 Å². The summed E-state index contributed by atoms with van der Waals surface area (Å²) < 4.78 is 31.2. The van der Waals surface area contributed by atoms with Crippen molar-refractivity contribution < 1.29 is 17.6 Å². The number of carbonyl (C=O) groups is 1. The highest BCUT2D eigenvalue weighted by Crippen LogP contribution is 2.31. The van der Waals surface area contributed by atoms with E-state index in [4.69, 9.17) is 4.42 Å². The highest BCUT2D eigenvalue weighted by molar-refractivity contribution is 7.91. The van der Waals surface area contributed by atoms with E-state index >= 15 is 0 Å². The molecule has 0 fully saturated rings. The Bertz CT molecular complexity index is 1220. The first kappa shape index (κ1) is 17.0. The molecular weight excluding hydrogens is 364 g/mol. The third-order valence-corrected chi connectivity index (χ3v) is 5.89. The van der Waals surface area contributed by atoms with Crippen LogP contribution in [0.15, 0.2) is 93.4 Å². The van der Waals surface area contributed by atoms with E-state index in [0.29, 0.717) is 16.6 Å². The van der Waals surface area contributed by atoms with Crippen LogP contribution in [0.5, 0.6) is 0 Å². The Morgan fingerprint density at radius 3 is 2.48 bits per heavy atom. The Hall–Kier alpha value is -3.45. The average molecular weight is 378 g/mol. The Labute approximate surface area is 155 Å². The maximum absolute atomic E-state index is 13.0. The first-order valence-corrected chi connectivity index (χ1v) is 9.58. The molecule has 7 heteroatoms. The standard InChI is InChI=1S/C20H14N2O4S/c23-20(17-9-5-13-26-17)22-16-10-11-18(15-8-4-12-21-19(15)16)27(24,25)14-6-2-1-3-7-14/h1-13H,(H,22,23). The van der Waals surface area contributed by atoms with E-state index in [2.05, 4.69) is 10.3 Å². The van der Waals surface area contributed by atoms with Gasteiger partial charge in [-0.25, -0.2) is 8.42 Å². The van der Waals surface area contributed by atoms with Gasteiger partial charge < -0.3 is 9.73 Å². The van der Waals surface area contributed by atoms with Crippen LogP contribution in [0.1, 0.15) is 10.6 Å². The Morgan fingerprint density at radius 2 is 1.74 bits per heavy atom. The number of fused-ring (bicyclic) bond motifs is 1. The van der Waals surface area contributed by atoms with Gasteiger partial charge in [-0.2, -0.15) is 0 Å². The zero-order valence-electron chi connectivity index (χ0n) is 14.0. The van der Waals surface area contributed by atoms with Gasteiger partial charge in [0, 0.05) is 11.6 Å². The predicted molar refractivity (Wildman–Crippen MR) is 100 cm³/mol. The summed E-state index contributed by atoms with van der Waals surface area (Å²) in [7, 11) is -3.73. The lowest BCUT2D eigenvalue weighted by Gasteiger charge is -2.12. The molecule has 0 radical (unpaired) electrons. The lowest BCUT2D eigenvalue weighted by atomic mass is 10.2. The number of nitrogens with zero attached hydrogens (tertiary/aromatic N) is 1. The van der Waals surface area contributed by atoms with Gasteiger partial charge in [-0.05, 0) is 48.5 Å². The quantitative estimate of drug-likeness (QED) is 0.581. The molecule has 2 aromatic carbocycles. The molecule has 0 aliphatic rings. The molecule has 4 aromatic rings. The lowest BCUT2D eigenvalue weighted by molar-refractivity contribution is 0.0997. The highest BCUT2D eigenvalue weighted by Gasteiger charge is 2.22. The highest BCUT2D eigenvalue weighted by atomic mass is 32.2. The number of amides is 1. The number of pyridine rings is 1. The molecule has 2 aromatic heterocycles. The molecule has 1 amide bonds. The number of furan rings is 1. The van der Waals surface area contributed by atoms with Gasteiger partial charge >= 0.3 is 0 Å². The molecule has 6 nitrogen and oxygen atoms in total. The van der Waals surface area contributed by atoms with Crippen LogP contribution in [-0.2, 0) is 9.84 Å². The van der Waals surface area contributed by atoms with Gasteiger partial charge in [-0.3, -0.25) is 9.78 Å². The SMILES string of the molecule is O=C(Nc1ccc(S(=O)(=O)c2ccccc2)c2cccnc12)c1ccco1. The van der Waals surface area contributed by atoms with Crippen molar-refractivity contribution >= 4 is 32.3 Å². The Morgan fingerprint density at radius 1 is 0.926 bits per heavy atom. The first-order chi connectivity index (χ1) is 13.1. The van der Waals surface area contributed by atoms with Crippen LogP contribution in [-0.4, -0.2) is 19.3 Å². The van der Waals surface area contributed by atoms with Crippen LogP contribution in [0, 0.1) is 0 Å². The summed E-state index contributed by atoms with van der Waals surface area (Å²) >= 11 is 0. The number of benzene rings is 2. The van der Waals surface area contributed by atoms with Crippen LogP contribution in [0.25, 0.3) is 10.9 Å². The number of carbonyl (C=O) groups excluding carboxylic acids is 1. The van der Waals surface area contributed by atoms with Crippen LogP contribution in [0.2, 0.25) is 0 Å². The number of rotatable bonds is 4. The molecule has 0 atom stereocenters. The van der Waals surface area contributed by atoms with Gasteiger partial charge in [-0.1, -0.05) is 18.2 Å². The summed E-state index contributed by atoms with van der Waals surface area (Å²) in [6.45, 7) is 0. The van der Waals surface area contributed by atoms with Gasteiger partial charge in [0.1, 0.15) is 0 Å². The molecule has 134 valence electrons. The van der Waals surface area contributed by atoms with E-state index < -0.39 is 15.7 Å². The Balaban J connectivity index is 1.83. The maximum atomic E-state index is 13.0. The third kappa shape index (κ3) is 3.09. The Kier molecular flexibility index (Phi) is 4.21. The van der Waals surface area contributed by atoms with Crippen LogP contribution in [0.4, 0.5) is 5.69 Å². The summed E-state index contributed by atoms with van der Waals surface area (Å²) in [6, 6.07) is 17.7. The van der Waals surface area contributed by atoms with E-state index in [0.717, 1.165) is 0 Å². The second-order valence-corrected chi connectivity index (χ2v) is 7.68. The molecule has 0 aliphatic carbocycles. The molecular formula is C20H14N2O4S. The second kappa shape index (κ2) is 6.69. The molecule has 0 saturated carbocycles. The second-order valence-electron chi connectivity index (χ2n) is 5.76. The lowest BCUT2D eigenvalue weighted by Crippen LogP contribution is -2.12. The number of hydrogen-bond donors (Lipinski definition) is 1. The maximum Gasteiger partial charge on any atom is 0.291 e. The number of nitrogens with one attached hydrogen (secondary N) is 1. The molecule has 2 heterocycles. The minimum Gasteiger partial charge on any atom is -0.459 e. The molecule has 4 rings (SSSR count). The van der Waals surface area contributed by atoms with Crippen molar-refractivity contribution in [2.45, 2.75) is 9.79 Å². The van der Waals surface area contributed by atoms with Gasteiger partial charge in [0.2, 0.25) is 9.84 Å². The van der Waals surface area contributed by atoms with E-state index in [1.165, 1.54) is 18.4 Å². The molecule has 0 bridgehead atoms. The van der Waals surface area contributed by atoms with Crippen molar-refractivity contribution in [1.82, 2.24) is 4.98 Å². The smallest absolute Gasteiger partial charge is 0.291 e. The number of sulfone groups is 1. The topological polar surface area (TPSA) is 89.3 Å². The number of hydrogen-bond acceptors (Lipinski definition) is 5. The van der Waals surface area contributed by atoms with E-state index in [9.17, 15) is 13.2 Å². The van der Waals surface area contributed by atoms with Crippen LogP contribution in [0.3, 0.4) is 0 Å². The van der Waals surface area contributed by atoms with E-state index in [1.54, 1.807) is 60.8 Å². The van der Waals surface area contributed by atoms with Gasteiger partial charge in [0.15, 0.2) is 5.76 Å². The van der Waals surface area contributed by atoms with Crippen molar-refractivity contribution in [3.8, 4) is 0 Å². The molecule has 1 N–H and O–H groups in total. The predicted octanol–water partition coefficient (Wildman–Crippen LogP) is 3.91. The fourth-order valence-corrected chi connectivity index (χ4v) is 4.27. The summed E-state index contributed by atoms with van der Waals surface area (Å²) in [5, 5.41) is 3.15. The van der Waals surface area contributed by atoms with Crippen LogP contribution < -0.4 is 5.32 Å². The zero-order valence-corrected chi connectivity index (χ0v) is 14.8. The largest absolute Gasteiger partial charge is 0.459 e. The third-order valence-electron chi connectivity index (χ3n) is 4.07. The molecule has 27 heavy (non-hydrogen) atoms. The van der Waals surface area contributed by atoms with Gasteiger partial charge in [0.05, 0.1) is 27.3 Å². The van der Waals surface area contributed by atoms with Crippen molar-refractivity contribution in [3.63, 3.8) is 0 Å². The minimum atomic E-state index is -3.73. The zero-order chi connectivity index (χ0) is 18.9.